The second kappa shape index (κ2) is 6.05. The molecule has 0 atom stereocenters. The van der Waals surface area contributed by atoms with Crippen molar-refractivity contribution in [1.82, 2.24) is 20.0 Å². The van der Waals surface area contributed by atoms with Crippen LogP contribution in [-0.4, -0.2) is 67.1 Å². The summed E-state index contributed by atoms with van der Waals surface area (Å²) in [5, 5.41) is 10.2. The molecule has 0 N–H and O–H groups in total. The Morgan fingerprint density at radius 3 is 0.964 bits per heavy atom. The number of hydrogen-bond donors (Lipinski definition) is 0. The van der Waals surface area contributed by atoms with Gasteiger partial charge in [-0.15, -0.1) is 10.2 Å². The van der Waals surface area contributed by atoms with Gasteiger partial charge in [0.15, 0.2) is 11.7 Å². The molecule has 4 aliphatic rings. The standard InChI is InChI=1S/C16H8N6O6/c23-11-3-1-9(19(11)21-13(25)5-6-14(21)26)17-18-10-2-4-12(24)20(10)22-15(27)7-8-16(22)28/h1-8H. The third-order valence-corrected chi connectivity index (χ3v) is 3.83. The summed E-state index contributed by atoms with van der Waals surface area (Å²) in [5.41, 5.74) is 0. The number of nitrogens with zero attached hydrogens (tertiary/aromatic N) is 6. The number of hydrazine groups is 2. The first-order valence-corrected chi connectivity index (χ1v) is 7.70. The predicted molar refractivity (Wildman–Crippen MR) is 88.8 cm³/mol. The third-order valence-electron chi connectivity index (χ3n) is 3.83. The molecule has 138 valence electrons. The van der Waals surface area contributed by atoms with E-state index < -0.39 is 35.4 Å². The van der Waals surface area contributed by atoms with Gasteiger partial charge in [0.05, 0.1) is 0 Å². The summed E-state index contributed by atoms with van der Waals surface area (Å²) in [5.74, 6) is -4.69. The lowest BCUT2D eigenvalue weighted by Crippen LogP contribution is -2.50. The minimum absolute atomic E-state index is 0.173. The quantitative estimate of drug-likeness (QED) is 0.417. The van der Waals surface area contributed by atoms with Crippen LogP contribution >= 0.6 is 0 Å². The highest BCUT2D eigenvalue weighted by molar-refractivity contribution is 6.23. The van der Waals surface area contributed by atoms with E-state index in [2.05, 4.69) is 10.2 Å². The van der Waals surface area contributed by atoms with E-state index in [1.54, 1.807) is 0 Å². The van der Waals surface area contributed by atoms with Gasteiger partial charge in [-0.05, 0) is 12.2 Å². The van der Waals surface area contributed by atoms with Crippen LogP contribution in [-0.2, 0) is 28.8 Å². The zero-order valence-corrected chi connectivity index (χ0v) is 13.8. The van der Waals surface area contributed by atoms with Gasteiger partial charge in [0.25, 0.3) is 35.4 Å². The summed E-state index contributed by atoms with van der Waals surface area (Å²) in [7, 11) is 0. The molecule has 0 saturated heterocycles. The van der Waals surface area contributed by atoms with Crippen LogP contribution in [0.1, 0.15) is 0 Å². The van der Waals surface area contributed by atoms with Crippen molar-refractivity contribution < 1.29 is 28.8 Å². The zero-order chi connectivity index (χ0) is 20.0. The van der Waals surface area contributed by atoms with E-state index in [1.807, 2.05) is 0 Å². The highest BCUT2D eigenvalue weighted by Crippen LogP contribution is 2.18. The third kappa shape index (κ3) is 2.47. The molecule has 0 aromatic rings. The first-order chi connectivity index (χ1) is 13.4. The largest absolute Gasteiger partial charge is 0.273 e. The van der Waals surface area contributed by atoms with Gasteiger partial charge < -0.3 is 0 Å². The van der Waals surface area contributed by atoms with Crippen molar-refractivity contribution in [3.05, 3.63) is 48.6 Å². The molecule has 0 unspecified atom stereocenters. The average molecular weight is 380 g/mol. The summed E-state index contributed by atoms with van der Waals surface area (Å²) in [6.45, 7) is 0. The van der Waals surface area contributed by atoms with Gasteiger partial charge in [0.1, 0.15) is 0 Å². The zero-order valence-electron chi connectivity index (χ0n) is 13.8. The molecule has 4 aliphatic heterocycles. The van der Waals surface area contributed by atoms with E-state index in [-0.39, 0.29) is 11.7 Å². The SMILES string of the molecule is O=C1C=CC(=O)N1N1C(=O)C=CC1=NN=C1C=CC(=O)N1N1C(=O)C=CC1=O. The molecule has 0 spiro atoms. The van der Waals surface area contributed by atoms with Crippen molar-refractivity contribution in [3.8, 4) is 0 Å². The summed E-state index contributed by atoms with van der Waals surface area (Å²) >= 11 is 0. The molecule has 12 heteroatoms. The number of carbonyl (C=O) groups is 6. The molecule has 0 aromatic carbocycles. The van der Waals surface area contributed by atoms with Gasteiger partial charge in [-0.2, -0.15) is 20.0 Å². The monoisotopic (exact) mass is 380 g/mol. The minimum atomic E-state index is -0.737. The van der Waals surface area contributed by atoms with Gasteiger partial charge >= 0.3 is 0 Å². The summed E-state index contributed by atoms with van der Waals surface area (Å²) in [6, 6.07) is 0. The average Bonchev–Trinajstić information content (AvgIpc) is 3.37. The Labute approximate surface area is 155 Å². The van der Waals surface area contributed by atoms with Crippen LogP contribution in [0.15, 0.2) is 58.8 Å². The van der Waals surface area contributed by atoms with Crippen LogP contribution in [0.5, 0.6) is 0 Å². The summed E-state index contributed by atoms with van der Waals surface area (Å²) < 4.78 is 0. The van der Waals surface area contributed by atoms with Crippen LogP contribution in [0.4, 0.5) is 0 Å². The maximum Gasteiger partial charge on any atom is 0.273 e. The second-order valence-corrected chi connectivity index (χ2v) is 5.53. The first kappa shape index (κ1) is 17.0. The predicted octanol–water partition coefficient (Wildman–Crippen LogP) is -1.82. The van der Waals surface area contributed by atoms with Crippen LogP contribution in [0, 0.1) is 0 Å². The van der Waals surface area contributed by atoms with E-state index in [0.29, 0.717) is 20.0 Å². The lowest BCUT2D eigenvalue weighted by atomic mass is 10.5. The second-order valence-electron chi connectivity index (χ2n) is 5.53. The number of imide groups is 2. The minimum Gasteiger partial charge on any atom is -0.267 e. The van der Waals surface area contributed by atoms with Crippen LogP contribution in [0.25, 0.3) is 0 Å². The van der Waals surface area contributed by atoms with Gasteiger partial charge in [-0.1, -0.05) is 0 Å². The van der Waals surface area contributed by atoms with E-state index in [0.717, 1.165) is 36.5 Å². The fourth-order valence-electron chi connectivity index (χ4n) is 2.63. The van der Waals surface area contributed by atoms with Crippen molar-refractivity contribution in [2.45, 2.75) is 0 Å². The highest BCUT2D eigenvalue weighted by Gasteiger charge is 2.39. The number of amidine groups is 2. The molecule has 12 nitrogen and oxygen atoms in total. The van der Waals surface area contributed by atoms with Crippen LogP contribution in [0.3, 0.4) is 0 Å². The maximum absolute atomic E-state index is 12.0. The molecular formula is C16H8N6O6. The van der Waals surface area contributed by atoms with Gasteiger partial charge in [0, 0.05) is 36.5 Å². The Kier molecular flexibility index (Phi) is 3.66. The topological polar surface area (TPSA) is 140 Å². The number of rotatable bonds is 3. The lowest BCUT2D eigenvalue weighted by molar-refractivity contribution is -0.156. The molecule has 0 bridgehead atoms. The molecule has 4 heterocycles. The lowest BCUT2D eigenvalue weighted by Gasteiger charge is -2.26. The van der Waals surface area contributed by atoms with Crippen LogP contribution in [0.2, 0.25) is 0 Å². The Morgan fingerprint density at radius 1 is 0.393 bits per heavy atom. The molecule has 0 aromatic heterocycles. The van der Waals surface area contributed by atoms with Gasteiger partial charge in [0.2, 0.25) is 0 Å². The summed E-state index contributed by atoms with van der Waals surface area (Å²) in [6.07, 6.45) is 8.55. The van der Waals surface area contributed by atoms with E-state index in [1.165, 1.54) is 12.2 Å². The number of amides is 6. The van der Waals surface area contributed by atoms with E-state index in [9.17, 15) is 28.8 Å². The smallest absolute Gasteiger partial charge is 0.267 e. The molecule has 0 radical (unpaired) electrons. The van der Waals surface area contributed by atoms with Gasteiger partial charge in [-0.3, -0.25) is 28.8 Å². The fourth-order valence-corrected chi connectivity index (χ4v) is 2.63. The van der Waals surface area contributed by atoms with Crippen molar-refractivity contribution in [1.29, 1.82) is 0 Å². The van der Waals surface area contributed by atoms with Crippen molar-refractivity contribution >= 4 is 47.1 Å². The molecule has 0 aliphatic carbocycles. The Hall–Kier alpha value is -4.48. The Balaban J connectivity index is 1.65. The Bertz CT molecular complexity index is 941. The van der Waals surface area contributed by atoms with Crippen molar-refractivity contribution in [2.24, 2.45) is 10.2 Å². The molecular weight excluding hydrogens is 372 g/mol. The summed E-state index contributed by atoms with van der Waals surface area (Å²) in [4.78, 5) is 71.3. The Morgan fingerprint density at radius 2 is 0.643 bits per heavy atom. The first-order valence-electron chi connectivity index (χ1n) is 7.70. The fraction of sp³-hybridized carbons (Fsp3) is 0. The van der Waals surface area contributed by atoms with E-state index >= 15 is 0 Å². The van der Waals surface area contributed by atoms with Crippen LogP contribution < -0.4 is 0 Å². The molecule has 0 fully saturated rings. The van der Waals surface area contributed by atoms with Gasteiger partial charge in [-0.25, -0.2) is 0 Å². The van der Waals surface area contributed by atoms with E-state index in [4.69, 9.17) is 0 Å². The van der Waals surface area contributed by atoms with Crippen molar-refractivity contribution in [2.75, 3.05) is 0 Å². The number of carbonyl (C=O) groups excluding carboxylic acids is 6. The molecule has 28 heavy (non-hydrogen) atoms. The number of hydrogen-bond acceptors (Lipinski definition) is 8. The van der Waals surface area contributed by atoms with Crippen molar-refractivity contribution in [3.63, 3.8) is 0 Å². The molecule has 6 amide bonds. The molecule has 0 saturated carbocycles. The maximum atomic E-state index is 12.0. The normalized spacial score (nSPS) is 24.1. The highest BCUT2D eigenvalue weighted by atomic mass is 16.2. The molecule has 4 rings (SSSR count).